The lowest BCUT2D eigenvalue weighted by Gasteiger charge is -2.10. The van der Waals surface area contributed by atoms with E-state index in [4.69, 9.17) is 10.2 Å². The molecule has 0 aliphatic heterocycles. The Hall–Kier alpha value is -2.04. The molecule has 1 atom stereocenters. The summed E-state index contributed by atoms with van der Waals surface area (Å²) >= 11 is 0. The Labute approximate surface area is 111 Å². The Kier molecular flexibility index (Phi) is 5.36. The Morgan fingerprint density at radius 1 is 1.58 bits per heavy atom. The molecular formula is C14H19NO4. The summed E-state index contributed by atoms with van der Waals surface area (Å²) in [6.45, 7) is 3.50. The summed E-state index contributed by atoms with van der Waals surface area (Å²) in [7, 11) is 0. The van der Waals surface area contributed by atoms with Gasteiger partial charge in [0.2, 0.25) is 0 Å². The fraction of sp³-hybridized carbons (Fsp3) is 0.429. The van der Waals surface area contributed by atoms with E-state index in [-0.39, 0.29) is 23.7 Å². The van der Waals surface area contributed by atoms with Crippen LogP contribution in [0.2, 0.25) is 0 Å². The fourth-order valence-electron chi connectivity index (χ4n) is 1.76. The van der Waals surface area contributed by atoms with Crippen molar-refractivity contribution in [2.75, 3.05) is 0 Å². The third-order valence-corrected chi connectivity index (χ3v) is 2.94. The van der Waals surface area contributed by atoms with Gasteiger partial charge in [0.15, 0.2) is 5.78 Å². The van der Waals surface area contributed by atoms with Crippen molar-refractivity contribution in [1.29, 1.82) is 0 Å². The molecule has 0 bridgehead atoms. The molecule has 0 saturated carbocycles. The first-order valence-corrected chi connectivity index (χ1v) is 6.28. The summed E-state index contributed by atoms with van der Waals surface area (Å²) < 4.78 is 5.11. The standard InChI is InChI=1S/C14H19NO4/c1-3-10(16)13-11(17)8-12(19-14(13)18)9(2)6-4-5-7-15/h5,7-9,17H,3-4,6,15H2,1-2H3/b7-5+. The molecule has 19 heavy (non-hydrogen) atoms. The van der Waals surface area contributed by atoms with E-state index in [0.717, 1.165) is 12.8 Å². The molecule has 0 aromatic carbocycles. The fourth-order valence-corrected chi connectivity index (χ4v) is 1.76. The molecule has 5 nitrogen and oxygen atoms in total. The zero-order valence-corrected chi connectivity index (χ0v) is 11.2. The number of ketones is 1. The van der Waals surface area contributed by atoms with Gasteiger partial charge in [-0.25, -0.2) is 4.79 Å². The highest BCUT2D eigenvalue weighted by atomic mass is 16.4. The largest absolute Gasteiger partial charge is 0.507 e. The van der Waals surface area contributed by atoms with Gasteiger partial charge in [-0.2, -0.15) is 0 Å². The van der Waals surface area contributed by atoms with Crippen LogP contribution in [0, 0.1) is 0 Å². The molecule has 0 radical (unpaired) electrons. The zero-order valence-electron chi connectivity index (χ0n) is 11.2. The second-order valence-corrected chi connectivity index (χ2v) is 4.38. The second-order valence-electron chi connectivity index (χ2n) is 4.38. The third kappa shape index (κ3) is 3.71. The van der Waals surface area contributed by atoms with Crippen molar-refractivity contribution in [2.45, 2.75) is 39.0 Å². The monoisotopic (exact) mass is 265 g/mol. The lowest BCUT2D eigenvalue weighted by molar-refractivity contribution is 0.0980. The van der Waals surface area contributed by atoms with E-state index < -0.39 is 11.4 Å². The van der Waals surface area contributed by atoms with Gasteiger partial charge in [0.1, 0.15) is 17.1 Å². The SMILES string of the molecule is CCC(=O)c1c(O)cc(C(C)CC/C=C/N)oc1=O. The number of allylic oxidation sites excluding steroid dienone is 1. The molecule has 5 heteroatoms. The minimum absolute atomic E-state index is 0.0411. The summed E-state index contributed by atoms with van der Waals surface area (Å²) in [5.41, 5.74) is 4.20. The number of hydrogen-bond acceptors (Lipinski definition) is 5. The van der Waals surface area contributed by atoms with Gasteiger partial charge in [-0.05, 0) is 19.0 Å². The van der Waals surface area contributed by atoms with E-state index in [0.29, 0.717) is 5.76 Å². The number of rotatable bonds is 6. The van der Waals surface area contributed by atoms with E-state index in [1.54, 1.807) is 6.92 Å². The molecule has 104 valence electrons. The third-order valence-electron chi connectivity index (χ3n) is 2.94. The molecule has 1 rings (SSSR count). The smallest absolute Gasteiger partial charge is 0.350 e. The average Bonchev–Trinajstić information content (AvgIpc) is 2.37. The van der Waals surface area contributed by atoms with Crippen LogP contribution in [-0.4, -0.2) is 10.9 Å². The van der Waals surface area contributed by atoms with Gasteiger partial charge < -0.3 is 15.3 Å². The number of Topliss-reactive ketones (excluding diaryl/α,β-unsaturated/α-hetero) is 1. The lowest BCUT2D eigenvalue weighted by Crippen LogP contribution is -2.15. The van der Waals surface area contributed by atoms with Crippen molar-refractivity contribution in [3.8, 4) is 5.75 Å². The van der Waals surface area contributed by atoms with Crippen LogP contribution in [0.5, 0.6) is 5.75 Å². The first kappa shape index (κ1) is 15.0. The van der Waals surface area contributed by atoms with Crippen LogP contribution in [0.15, 0.2) is 27.6 Å². The second kappa shape index (κ2) is 6.78. The van der Waals surface area contributed by atoms with Gasteiger partial charge in [-0.3, -0.25) is 4.79 Å². The van der Waals surface area contributed by atoms with Gasteiger partial charge in [-0.1, -0.05) is 19.9 Å². The lowest BCUT2D eigenvalue weighted by atomic mass is 10.0. The molecule has 1 heterocycles. The van der Waals surface area contributed by atoms with Gasteiger partial charge in [-0.15, -0.1) is 0 Å². The van der Waals surface area contributed by atoms with Crippen molar-refractivity contribution < 1.29 is 14.3 Å². The molecule has 1 aromatic heterocycles. The zero-order chi connectivity index (χ0) is 14.4. The van der Waals surface area contributed by atoms with E-state index in [1.807, 2.05) is 13.0 Å². The molecule has 0 spiro atoms. The van der Waals surface area contributed by atoms with E-state index in [2.05, 4.69) is 0 Å². The quantitative estimate of drug-likeness (QED) is 0.770. The van der Waals surface area contributed by atoms with Gasteiger partial charge >= 0.3 is 5.63 Å². The maximum atomic E-state index is 11.7. The minimum Gasteiger partial charge on any atom is -0.507 e. The van der Waals surface area contributed by atoms with E-state index in [9.17, 15) is 14.7 Å². The maximum Gasteiger partial charge on any atom is 0.350 e. The number of nitrogens with two attached hydrogens (primary N) is 1. The van der Waals surface area contributed by atoms with E-state index >= 15 is 0 Å². The average molecular weight is 265 g/mol. The molecule has 0 saturated heterocycles. The highest BCUT2D eigenvalue weighted by Crippen LogP contribution is 2.25. The highest BCUT2D eigenvalue weighted by Gasteiger charge is 2.19. The number of carbonyl (C=O) groups excluding carboxylic acids is 1. The first-order valence-electron chi connectivity index (χ1n) is 6.28. The van der Waals surface area contributed by atoms with Gasteiger partial charge in [0, 0.05) is 18.4 Å². The summed E-state index contributed by atoms with van der Waals surface area (Å²) in [4.78, 5) is 23.2. The Morgan fingerprint density at radius 3 is 2.79 bits per heavy atom. The summed E-state index contributed by atoms with van der Waals surface area (Å²) in [6, 6.07) is 1.35. The summed E-state index contributed by atoms with van der Waals surface area (Å²) in [6.07, 6.45) is 4.90. The number of carbonyl (C=O) groups is 1. The van der Waals surface area contributed by atoms with Crippen molar-refractivity contribution >= 4 is 5.78 Å². The Balaban J connectivity index is 3.00. The Morgan fingerprint density at radius 2 is 2.26 bits per heavy atom. The topological polar surface area (TPSA) is 93.5 Å². The van der Waals surface area contributed by atoms with Crippen LogP contribution in [0.3, 0.4) is 0 Å². The molecule has 0 aliphatic carbocycles. The predicted octanol–water partition coefficient (Wildman–Crippen LogP) is 2.29. The maximum absolute atomic E-state index is 11.7. The Bertz CT molecular complexity index is 531. The van der Waals surface area contributed by atoms with E-state index in [1.165, 1.54) is 12.3 Å². The van der Waals surface area contributed by atoms with Crippen molar-refractivity contribution in [2.24, 2.45) is 5.73 Å². The molecule has 0 aliphatic rings. The van der Waals surface area contributed by atoms with Crippen molar-refractivity contribution in [3.05, 3.63) is 40.1 Å². The number of aromatic hydroxyl groups is 1. The highest BCUT2D eigenvalue weighted by molar-refractivity contribution is 5.97. The molecule has 0 fully saturated rings. The van der Waals surface area contributed by atoms with Crippen molar-refractivity contribution in [3.63, 3.8) is 0 Å². The molecule has 0 amide bonds. The minimum atomic E-state index is -0.775. The molecule has 1 aromatic rings. The van der Waals surface area contributed by atoms with Gasteiger partial charge in [0.05, 0.1) is 0 Å². The summed E-state index contributed by atoms with van der Waals surface area (Å²) in [5.74, 6) is -0.392. The first-order chi connectivity index (χ1) is 9.01. The van der Waals surface area contributed by atoms with Crippen LogP contribution in [0.4, 0.5) is 0 Å². The van der Waals surface area contributed by atoms with Crippen LogP contribution in [-0.2, 0) is 0 Å². The number of hydrogen-bond donors (Lipinski definition) is 2. The molecule has 3 N–H and O–H groups in total. The predicted molar refractivity (Wildman–Crippen MR) is 72.2 cm³/mol. The molecule has 1 unspecified atom stereocenters. The normalized spacial score (nSPS) is 12.7. The molecular weight excluding hydrogens is 246 g/mol. The van der Waals surface area contributed by atoms with Crippen molar-refractivity contribution in [1.82, 2.24) is 0 Å². The van der Waals surface area contributed by atoms with Crippen LogP contribution in [0.25, 0.3) is 0 Å². The summed E-state index contributed by atoms with van der Waals surface area (Å²) in [5, 5.41) is 9.78. The van der Waals surface area contributed by atoms with Gasteiger partial charge in [0.25, 0.3) is 0 Å². The van der Waals surface area contributed by atoms with Crippen LogP contribution >= 0.6 is 0 Å². The van der Waals surface area contributed by atoms with Crippen LogP contribution in [0.1, 0.15) is 55.1 Å². The van der Waals surface area contributed by atoms with Crippen LogP contribution < -0.4 is 11.4 Å².